The van der Waals surface area contributed by atoms with Crippen LogP contribution in [0.3, 0.4) is 0 Å². The van der Waals surface area contributed by atoms with E-state index in [1.165, 1.54) is 0 Å². The van der Waals surface area contributed by atoms with Crippen molar-refractivity contribution in [2.45, 2.75) is 97.0 Å². The number of esters is 1. The Morgan fingerprint density at radius 3 is 2.17 bits per heavy atom. The van der Waals surface area contributed by atoms with Crippen LogP contribution in [0.15, 0.2) is 24.3 Å². The van der Waals surface area contributed by atoms with E-state index in [9.17, 15) is 14.4 Å². The number of carbonyl (C=O) groups is 3. The number of amides is 1. The number of carbonyl (C=O) groups excluding carboxylic acids is 3. The van der Waals surface area contributed by atoms with Gasteiger partial charge in [-0.2, -0.15) is 0 Å². The van der Waals surface area contributed by atoms with Crippen LogP contribution in [0.4, 0.5) is 0 Å². The highest BCUT2D eigenvalue weighted by Crippen LogP contribution is 2.56. The topological polar surface area (TPSA) is 81.7 Å². The van der Waals surface area contributed by atoms with Gasteiger partial charge in [-0.05, 0) is 107 Å². The van der Waals surface area contributed by atoms with E-state index in [1.807, 2.05) is 31.2 Å². The van der Waals surface area contributed by atoms with Gasteiger partial charge in [-0.1, -0.05) is 6.92 Å². The van der Waals surface area contributed by atoms with Crippen LogP contribution in [0.5, 0.6) is 5.75 Å². The summed E-state index contributed by atoms with van der Waals surface area (Å²) in [5.41, 5.74) is 0.973. The monoisotopic (exact) mass is 483 g/mol. The minimum Gasteiger partial charge on any atom is -0.490 e. The fourth-order valence-electron chi connectivity index (χ4n) is 6.08. The van der Waals surface area contributed by atoms with Gasteiger partial charge in [-0.25, -0.2) is 0 Å². The summed E-state index contributed by atoms with van der Waals surface area (Å²) in [5.74, 6) is 0.933. The van der Waals surface area contributed by atoms with Crippen LogP contribution >= 0.6 is 0 Å². The molecular weight excluding hydrogens is 442 g/mol. The Morgan fingerprint density at radius 1 is 0.943 bits per heavy atom. The summed E-state index contributed by atoms with van der Waals surface area (Å²) in [4.78, 5) is 37.3. The molecule has 0 heterocycles. The van der Waals surface area contributed by atoms with Crippen molar-refractivity contribution in [2.24, 2.45) is 16.7 Å². The first-order valence-corrected chi connectivity index (χ1v) is 13.6. The van der Waals surface area contributed by atoms with Crippen molar-refractivity contribution in [3.05, 3.63) is 29.8 Å². The normalized spacial score (nSPS) is 29.9. The minimum absolute atomic E-state index is 0.0135. The molecule has 4 aliphatic rings. The molecule has 0 radical (unpaired) electrons. The number of benzene rings is 1. The van der Waals surface area contributed by atoms with E-state index in [-0.39, 0.29) is 35.1 Å². The third-order valence-corrected chi connectivity index (χ3v) is 8.74. The Bertz CT molecular complexity index is 876. The number of fused-ring (bicyclic) bond motifs is 3. The zero-order chi connectivity index (χ0) is 24.9. The first kappa shape index (κ1) is 25.7. The van der Waals surface area contributed by atoms with E-state index in [2.05, 4.69) is 12.2 Å². The van der Waals surface area contributed by atoms with Crippen molar-refractivity contribution in [1.29, 1.82) is 0 Å². The molecule has 4 saturated carbocycles. The standard InChI is InChI=1S/C29H41NO5/c1-3-34-26(32)22-8-12-24(13-9-22)35-23-10-6-21(7-11-23)25(31)5-4-20-30-27(33)29-17-14-28(2,15-18-29)16-19-29/h6-7,10-11,22,24H,3-5,8-9,12-20H2,1-2H3,(H,30,33). The Labute approximate surface area is 209 Å². The third-order valence-electron chi connectivity index (χ3n) is 8.74. The second-order valence-electron chi connectivity index (χ2n) is 11.2. The summed E-state index contributed by atoms with van der Waals surface area (Å²) in [6.07, 6.45) is 10.9. The maximum Gasteiger partial charge on any atom is 0.308 e. The molecule has 4 fully saturated rings. The molecule has 1 N–H and O–H groups in total. The predicted octanol–water partition coefficient (Wildman–Crippen LogP) is 5.63. The lowest BCUT2D eigenvalue weighted by molar-refractivity contribution is -0.149. The van der Waals surface area contributed by atoms with Gasteiger partial charge in [0.15, 0.2) is 5.78 Å². The number of hydrogen-bond acceptors (Lipinski definition) is 5. The molecule has 0 unspecified atom stereocenters. The first-order valence-electron chi connectivity index (χ1n) is 13.6. The molecule has 1 amide bonds. The minimum atomic E-state index is -0.157. The smallest absolute Gasteiger partial charge is 0.308 e. The average Bonchev–Trinajstić information content (AvgIpc) is 2.88. The molecule has 5 rings (SSSR count). The fraction of sp³-hybridized carbons (Fsp3) is 0.690. The van der Waals surface area contributed by atoms with E-state index in [4.69, 9.17) is 9.47 Å². The van der Waals surface area contributed by atoms with E-state index >= 15 is 0 Å². The van der Waals surface area contributed by atoms with Gasteiger partial charge in [0.05, 0.1) is 18.6 Å². The summed E-state index contributed by atoms with van der Waals surface area (Å²) in [7, 11) is 0. The van der Waals surface area contributed by atoms with Crippen molar-refractivity contribution in [2.75, 3.05) is 13.2 Å². The Hall–Kier alpha value is -2.37. The van der Waals surface area contributed by atoms with Gasteiger partial charge >= 0.3 is 5.97 Å². The molecule has 2 bridgehead atoms. The maximum atomic E-state index is 12.8. The van der Waals surface area contributed by atoms with E-state index in [0.717, 1.165) is 70.0 Å². The molecule has 0 aliphatic heterocycles. The van der Waals surface area contributed by atoms with Gasteiger partial charge in [0.2, 0.25) is 5.91 Å². The lowest BCUT2D eigenvalue weighted by Gasteiger charge is -2.51. The number of nitrogens with one attached hydrogen (secondary N) is 1. The quantitative estimate of drug-likeness (QED) is 0.265. The van der Waals surface area contributed by atoms with Crippen LogP contribution in [0.25, 0.3) is 0 Å². The molecule has 0 spiro atoms. The van der Waals surface area contributed by atoms with Crippen molar-refractivity contribution < 1.29 is 23.9 Å². The van der Waals surface area contributed by atoms with E-state index < -0.39 is 0 Å². The van der Waals surface area contributed by atoms with Gasteiger partial charge in [0, 0.05) is 23.9 Å². The molecule has 0 aromatic heterocycles. The average molecular weight is 484 g/mol. The summed E-state index contributed by atoms with van der Waals surface area (Å²) in [6, 6.07) is 7.35. The zero-order valence-electron chi connectivity index (χ0n) is 21.4. The Morgan fingerprint density at radius 2 is 1.57 bits per heavy atom. The summed E-state index contributed by atoms with van der Waals surface area (Å²) in [5, 5.41) is 3.12. The van der Waals surface area contributed by atoms with Crippen LogP contribution in [0.1, 0.15) is 101 Å². The molecule has 192 valence electrons. The first-order chi connectivity index (χ1) is 16.8. The predicted molar refractivity (Wildman–Crippen MR) is 134 cm³/mol. The highest BCUT2D eigenvalue weighted by molar-refractivity contribution is 5.96. The third kappa shape index (κ3) is 6.25. The molecule has 4 aliphatic carbocycles. The number of ether oxygens (including phenoxy) is 2. The largest absolute Gasteiger partial charge is 0.490 e. The zero-order valence-corrected chi connectivity index (χ0v) is 21.4. The number of Topliss-reactive ketones (excluding diaryl/α,β-unsaturated/α-hetero) is 1. The van der Waals surface area contributed by atoms with Gasteiger partial charge in [0.1, 0.15) is 5.75 Å². The maximum absolute atomic E-state index is 12.8. The molecule has 1 aromatic carbocycles. The van der Waals surface area contributed by atoms with Crippen LogP contribution in [0.2, 0.25) is 0 Å². The summed E-state index contributed by atoms with van der Waals surface area (Å²) < 4.78 is 11.2. The molecule has 0 saturated heterocycles. The fourth-order valence-corrected chi connectivity index (χ4v) is 6.08. The molecule has 6 nitrogen and oxygen atoms in total. The van der Waals surface area contributed by atoms with Gasteiger partial charge in [-0.15, -0.1) is 0 Å². The number of rotatable bonds is 10. The molecule has 1 aromatic rings. The van der Waals surface area contributed by atoms with Crippen LogP contribution in [-0.4, -0.2) is 36.9 Å². The van der Waals surface area contributed by atoms with Gasteiger partial charge in [-0.3, -0.25) is 14.4 Å². The second kappa shape index (κ2) is 11.1. The summed E-state index contributed by atoms with van der Waals surface area (Å²) in [6.45, 7) is 5.17. The molecule has 35 heavy (non-hydrogen) atoms. The van der Waals surface area contributed by atoms with Crippen LogP contribution in [-0.2, 0) is 14.3 Å². The molecular formula is C29H41NO5. The number of hydrogen-bond donors (Lipinski definition) is 1. The summed E-state index contributed by atoms with van der Waals surface area (Å²) >= 11 is 0. The highest BCUT2D eigenvalue weighted by Gasteiger charge is 2.50. The lowest BCUT2D eigenvalue weighted by atomic mass is 9.54. The van der Waals surface area contributed by atoms with Crippen molar-refractivity contribution >= 4 is 17.7 Å². The van der Waals surface area contributed by atoms with E-state index in [1.54, 1.807) is 0 Å². The Kier molecular flexibility index (Phi) is 8.18. The van der Waals surface area contributed by atoms with Crippen molar-refractivity contribution in [3.8, 4) is 5.75 Å². The second-order valence-corrected chi connectivity index (χ2v) is 11.2. The Balaban J connectivity index is 1.15. The van der Waals surface area contributed by atoms with E-state index in [0.29, 0.717) is 37.0 Å². The SMILES string of the molecule is CCOC(=O)C1CCC(Oc2ccc(C(=O)CCCNC(=O)C34CCC(C)(CC3)CC4)cc2)CC1. The highest BCUT2D eigenvalue weighted by atomic mass is 16.5. The van der Waals surface area contributed by atoms with Crippen LogP contribution in [0, 0.1) is 16.7 Å². The lowest BCUT2D eigenvalue weighted by Crippen LogP contribution is -2.49. The van der Waals surface area contributed by atoms with Gasteiger partial charge < -0.3 is 14.8 Å². The number of ketones is 1. The van der Waals surface area contributed by atoms with Crippen molar-refractivity contribution in [3.63, 3.8) is 0 Å². The van der Waals surface area contributed by atoms with Gasteiger partial charge in [0.25, 0.3) is 0 Å². The van der Waals surface area contributed by atoms with Crippen molar-refractivity contribution in [1.82, 2.24) is 5.32 Å². The molecule has 6 heteroatoms. The molecule has 0 atom stereocenters. The van der Waals surface area contributed by atoms with Crippen LogP contribution < -0.4 is 10.1 Å².